The Labute approximate surface area is 133 Å². The summed E-state index contributed by atoms with van der Waals surface area (Å²) in [7, 11) is 0. The molecule has 0 aliphatic carbocycles. The Morgan fingerprint density at radius 3 is 2.52 bits per heavy atom. The van der Waals surface area contributed by atoms with Crippen molar-refractivity contribution in [1.29, 1.82) is 0 Å². The van der Waals surface area contributed by atoms with Gasteiger partial charge in [0.05, 0.1) is 0 Å². The first-order chi connectivity index (χ1) is 10.3. The van der Waals surface area contributed by atoms with Crippen LogP contribution in [0.2, 0.25) is 0 Å². The third-order valence-corrected chi connectivity index (χ3v) is 6.07. The lowest BCUT2D eigenvalue weighted by Gasteiger charge is -2.47. The second-order valence-corrected chi connectivity index (χ2v) is 7.95. The Hall–Kier alpha value is -0.510. The molecule has 1 aromatic carbocycles. The SMILES string of the molecule is CC(C)C1CNC(c2ccccc2)CN1C1CCSCC1. The van der Waals surface area contributed by atoms with Crippen LogP contribution in [0.1, 0.15) is 38.3 Å². The summed E-state index contributed by atoms with van der Waals surface area (Å²) in [5, 5.41) is 3.79. The lowest BCUT2D eigenvalue weighted by atomic mass is 9.92. The third kappa shape index (κ3) is 3.64. The number of hydrogen-bond acceptors (Lipinski definition) is 3. The summed E-state index contributed by atoms with van der Waals surface area (Å²) in [4.78, 5) is 2.83. The van der Waals surface area contributed by atoms with Crippen molar-refractivity contribution in [1.82, 2.24) is 10.2 Å². The predicted molar refractivity (Wildman–Crippen MR) is 92.9 cm³/mol. The van der Waals surface area contributed by atoms with Gasteiger partial charge in [0.2, 0.25) is 0 Å². The number of nitrogens with one attached hydrogen (secondary N) is 1. The van der Waals surface area contributed by atoms with Crippen LogP contribution in [0.25, 0.3) is 0 Å². The molecule has 2 atom stereocenters. The van der Waals surface area contributed by atoms with Gasteiger partial charge in [0.1, 0.15) is 0 Å². The Morgan fingerprint density at radius 1 is 1.14 bits per heavy atom. The van der Waals surface area contributed by atoms with Gasteiger partial charge < -0.3 is 5.32 Å². The van der Waals surface area contributed by atoms with Crippen LogP contribution in [0.5, 0.6) is 0 Å². The van der Waals surface area contributed by atoms with Crippen LogP contribution >= 0.6 is 11.8 Å². The van der Waals surface area contributed by atoms with E-state index >= 15 is 0 Å². The molecule has 2 nitrogen and oxygen atoms in total. The second-order valence-electron chi connectivity index (χ2n) is 6.72. The quantitative estimate of drug-likeness (QED) is 0.919. The standard InChI is InChI=1S/C18H28N2S/c1-14(2)18-12-19-17(15-6-4-3-5-7-15)13-20(18)16-8-10-21-11-9-16/h3-7,14,16-19H,8-13H2,1-2H3. The van der Waals surface area contributed by atoms with E-state index in [-0.39, 0.29) is 0 Å². The molecule has 2 aliphatic rings. The molecule has 21 heavy (non-hydrogen) atoms. The molecule has 3 heteroatoms. The largest absolute Gasteiger partial charge is 0.307 e. The summed E-state index contributed by atoms with van der Waals surface area (Å²) in [6, 6.07) is 12.9. The highest BCUT2D eigenvalue weighted by atomic mass is 32.2. The zero-order valence-corrected chi connectivity index (χ0v) is 14.1. The Balaban J connectivity index is 1.75. The normalized spacial score (nSPS) is 28.9. The first kappa shape index (κ1) is 15.4. The molecule has 0 amide bonds. The van der Waals surface area contributed by atoms with E-state index in [1.54, 1.807) is 0 Å². The number of nitrogens with zero attached hydrogens (tertiary/aromatic N) is 1. The zero-order valence-electron chi connectivity index (χ0n) is 13.3. The molecule has 3 rings (SSSR count). The minimum atomic E-state index is 0.496. The molecule has 116 valence electrons. The smallest absolute Gasteiger partial charge is 0.0450 e. The molecule has 2 aliphatic heterocycles. The van der Waals surface area contributed by atoms with Crippen LogP contribution < -0.4 is 5.32 Å². The highest BCUT2D eigenvalue weighted by Crippen LogP contribution is 2.30. The summed E-state index contributed by atoms with van der Waals surface area (Å²) < 4.78 is 0. The fraction of sp³-hybridized carbons (Fsp3) is 0.667. The average Bonchev–Trinajstić information content (AvgIpc) is 2.56. The van der Waals surface area contributed by atoms with Crippen molar-refractivity contribution < 1.29 is 0 Å². The van der Waals surface area contributed by atoms with Gasteiger partial charge in [0.15, 0.2) is 0 Å². The van der Waals surface area contributed by atoms with E-state index in [0.717, 1.165) is 18.5 Å². The van der Waals surface area contributed by atoms with Gasteiger partial charge in [0, 0.05) is 31.2 Å². The Kier molecular flexibility index (Phi) is 5.25. The van der Waals surface area contributed by atoms with E-state index in [1.807, 2.05) is 0 Å². The van der Waals surface area contributed by atoms with Gasteiger partial charge in [-0.2, -0.15) is 11.8 Å². The molecule has 1 aromatic rings. The molecule has 0 spiro atoms. The van der Waals surface area contributed by atoms with E-state index < -0.39 is 0 Å². The van der Waals surface area contributed by atoms with Crippen LogP contribution in [-0.2, 0) is 0 Å². The number of hydrogen-bond donors (Lipinski definition) is 1. The van der Waals surface area contributed by atoms with Crippen molar-refractivity contribution in [2.75, 3.05) is 24.6 Å². The number of rotatable bonds is 3. The maximum absolute atomic E-state index is 3.79. The van der Waals surface area contributed by atoms with E-state index in [1.165, 1.54) is 36.5 Å². The molecule has 2 heterocycles. The molecular weight excluding hydrogens is 276 g/mol. The van der Waals surface area contributed by atoms with E-state index in [4.69, 9.17) is 0 Å². The second kappa shape index (κ2) is 7.17. The average molecular weight is 305 g/mol. The van der Waals surface area contributed by atoms with Gasteiger partial charge in [-0.25, -0.2) is 0 Å². The topological polar surface area (TPSA) is 15.3 Å². The summed E-state index contributed by atoms with van der Waals surface area (Å²) in [6.45, 7) is 7.04. The molecule has 0 radical (unpaired) electrons. The maximum Gasteiger partial charge on any atom is 0.0450 e. The van der Waals surface area contributed by atoms with Crippen molar-refractivity contribution in [2.24, 2.45) is 5.92 Å². The van der Waals surface area contributed by atoms with Gasteiger partial charge in [-0.15, -0.1) is 0 Å². The first-order valence-electron chi connectivity index (χ1n) is 8.37. The molecule has 1 N–H and O–H groups in total. The molecule has 2 unspecified atom stereocenters. The van der Waals surface area contributed by atoms with Gasteiger partial charge in [-0.1, -0.05) is 44.2 Å². The Morgan fingerprint density at radius 2 is 1.86 bits per heavy atom. The minimum absolute atomic E-state index is 0.496. The van der Waals surface area contributed by atoms with Crippen molar-refractivity contribution in [3.63, 3.8) is 0 Å². The summed E-state index contributed by atoms with van der Waals surface area (Å²) in [5.41, 5.74) is 1.44. The van der Waals surface area contributed by atoms with Crippen molar-refractivity contribution >= 4 is 11.8 Å². The van der Waals surface area contributed by atoms with Crippen molar-refractivity contribution in [3.05, 3.63) is 35.9 Å². The van der Waals surface area contributed by atoms with Crippen LogP contribution in [0.4, 0.5) is 0 Å². The molecular formula is C18H28N2S. The fourth-order valence-corrected chi connectivity index (χ4v) is 4.84. The van der Waals surface area contributed by atoms with Gasteiger partial charge in [0.25, 0.3) is 0 Å². The number of benzene rings is 1. The minimum Gasteiger partial charge on any atom is -0.307 e. The van der Waals surface area contributed by atoms with Crippen molar-refractivity contribution in [2.45, 2.75) is 44.8 Å². The molecule has 0 bridgehead atoms. The zero-order chi connectivity index (χ0) is 14.7. The molecule has 0 saturated carbocycles. The summed E-state index contributed by atoms with van der Waals surface area (Å²) in [5.74, 6) is 3.41. The number of piperazine rings is 1. The molecule has 0 aromatic heterocycles. The molecule has 2 saturated heterocycles. The van der Waals surface area contributed by atoms with Crippen LogP contribution in [0, 0.1) is 5.92 Å². The van der Waals surface area contributed by atoms with Gasteiger partial charge >= 0.3 is 0 Å². The fourth-order valence-electron chi connectivity index (χ4n) is 3.75. The lowest BCUT2D eigenvalue weighted by Crippen LogP contribution is -2.58. The third-order valence-electron chi connectivity index (χ3n) is 5.02. The van der Waals surface area contributed by atoms with Crippen LogP contribution in [-0.4, -0.2) is 41.6 Å². The lowest BCUT2D eigenvalue weighted by molar-refractivity contribution is 0.0513. The van der Waals surface area contributed by atoms with E-state index in [0.29, 0.717) is 12.1 Å². The summed E-state index contributed by atoms with van der Waals surface area (Å²) >= 11 is 2.13. The van der Waals surface area contributed by atoms with Crippen LogP contribution in [0.3, 0.4) is 0 Å². The Bertz CT molecular complexity index is 428. The van der Waals surface area contributed by atoms with Gasteiger partial charge in [-0.3, -0.25) is 4.90 Å². The maximum atomic E-state index is 3.79. The van der Waals surface area contributed by atoms with Gasteiger partial charge in [-0.05, 0) is 35.8 Å². The monoisotopic (exact) mass is 304 g/mol. The summed E-state index contributed by atoms with van der Waals surface area (Å²) in [6.07, 6.45) is 2.74. The van der Waals surface area contributed by atoms with E-state index in [2.05, 4.69) is 66.2 Å². The van der Waals surface area contributed by atoms with E-state index in [9.17, 15) is 0 Å². The van der Waals surface area contributed by atoms with Crippen molar-refractivity contribution in [3.8, 4) is 0 Å². The number of thioether (sulfide) groups is 1. The van der Waals surface area contributed by atoms with Crippen LogP contribution in [0.15, 0.2) is 30.3 Å². The highest BCUT2D eigenvalue weighted by Gasteiger charge is 2.35. The highest BCUT2D eigenvalue weighted by molar-refractivity contribution is 7.99. The first-order valence-corrected chi connectivity index (χ1v) is 9.53. The molecule has 2 fully saturated rings. The predicted octanol–water partition coefficient (Wildman–Crippen LogP) is 3.55.